The van der Waals surface area contributed by atoms with E-state index in [1.54, 1.807) is 0 Å². The first kappa shape index (κ1) is 14.8. The lowest BCUT2D eigenvalue weighted by molar-refractivity contribution is -0.134. The zero-order chi connectivity index (χ0) is 14.4. The van der Waals surface area contributed by atoms with Crippen LogP contribution in [-0.4, -0.2) is 29.4 Å². The fourth-order valence-electron chi connectivity index (χ4n) is 4.54. The molecule has 1 saturated carbocycles. The van der Waals surface area contributed by atoms with E-state index in [-0.39, 0.29) is 11.9 Å². The van der Waals surface area contributed by atoms with E-state index in [1.807, 2.05) is 0 Å². The molecule has 3 atom stereocenters. The van der Waals surface area contributed by atoms with Crippen molar-refractivity contribution in [3.63, 3.8) is 0 Å². The topological polar surface area (TPSA) is 46.3 Å². The maximum atomic E-state index is 12.6. The second-order valence-corrected chi connectivity index (χ2v) is 8.42. The van der Waals surface area contributed by atoms with Crippen LogP contribution in [0.15, 0.2) is 0 Å². The fourth-order valence-corrected chi connectivity index (χ4v) is 4.54. The van der Waals surface area contributed by atoms with Crippen LogP contribution < -0.4 is 5.73 Å². The molecule has 2 fully saturated rings. The number of carbonyl (C=O) groups is 1. The predicted octanol–water partition coefficient (Wildman–Crippen LogP) is 2.79. The van der Waals surface area contributed by atoms with Gasteiger partial charge in [-0.05, 0) is 42.4 Å². The summed E-state index contributed by atoms with van der Waals surface area (Å²) in [5, 5.41) is 0. The molecule has 0 spiro atoms. The third-order valence-corrected chi connectivity index (χ3v) is 4.74. The molecule has 110 valence electrons. The molecule has 3 nitrogen and oxygen atoms in total. The highest BCUT2D eigenvalue weighted by Crippen LogP contribution is 2.52. The molecule has 2 unspecified atom stereocenters. The molecule has 3 heteroatoms. The average molecular weight is 266 g/mol. The van der Waals surface area contributed by atoms with Crippen molar-refractivity contribution < 1.29 is 4.79 Å². The van der Waals surface area contributed by atoms with Gasteiger partial charge < -0.3 is 10.6 Å². The van der Waals surface area contributed by atoms with Crippen molar-refractivity contribution in [2.24, 2.45) is 22.5 Å². The van der Waals surface area contributed by atoms with E-state index in [1.165, 1.54) is 6.42 Å². The Balaban J connectivity index is 2.09. The summed E-state index contributed by atoms with van der Waals surface area (Å²) in [7, 11) is 0. The van der Waals surface area contributed by atoms with E-state index >= 15 is 0 Å². The zero-order valence-electron chi connectivity index (χ0n) is 13.2. The van der Waals surface area contributed by atoms with Crippen LogP contribution in [0.1, 0.15) is 60.3 Å². The van der Waals surface area contributed by atoms with Gasteiger partial charge in [0.2, 0.25) is 5.91 Å². The van der Waals surface area contributed by atoms with Crippen LogP contribution in [-0.2, 0) is 4.79 Å². The number of hydrogen-bond acceptors (Lipinski definition) is 2. The Hall–Kier alpha value is -0.570. The molecular weight excluding hydrogens is 236 g/mol. The largest absolute Gasteiger partial charge is 0.338 e. The van der Waals surface area contributed by atoms with Crippen LogP contribution in [0.25, 0.3) is 0 Å². The number of fused-ring (bicyclic) bond motifs is 2. The molecule has 19 heavy (non-hydrogen) atoms. The minimum absolute atomic E-state index is 0.181. The normalized spacial score (nSPS) is 34.7. The molecule has 0 aromatic heterocycles. The van der Waals surface area contributed by atoms with Crippen molar-refractivity contribution in [3.05, 3.63) is 0 Å². The number of rotatable bonds is 3. The van der Waals surface area contributed by atoms with Crippen molar-refractivity contribution in [2.45, 2.75) is 72.4 Å². The molecule has 2 aliphatic rings. The first-order valence-corrected chi connectivity index (χ1v) is 7.68. The Morgan fingerprint density at radius 3 is 2.53 bits per heavy atom. The monoisotopic (exact) mass is 266 g/mol. The van der Waals surface area contributed by atoms with E-state index in [0.29, 0.717) is 22.8 Å². The second-order valence-electron chi connectivity index (χ2n) is 8.42. The first-order chi connectivity index (χ1) is 8.62. The van der Waals surface area contributed by atoms with E-state index in [2.05, 4.69) is 39.5 Å². The number of carbonyl (C=O) groups excluding carboxylic acids is 1. The molecular formula is C16H30N2O. The van der Waals surface area contributed by atoms with Crippen LogP contribution >= 0.6 is 0 Å². The van der Waals surface area contributed by atoms with Gasteiger partial charge in [-0.2, -0.15) is 0 Å². The van der Waals surface area contributed by atoms with Gasteiger partial charge in [-0.1, -0.05) is 34.6 Å². The number of hydrogen-bond donors (Lipinski definition) is 1. The SMILES string of the molecule is CC(C)C[C@@H](N)C(=O)N1CC2(C)CC1CC(C)(C)C2. The van der Waals surface area contributed by atoms with Gasteiger partial charge >= 0.3 is 0 Å². The Morgan fingerprint density at radius 2 is 1.95 bits per heavy atom. The molecule has 0 aromatic rings. The maximum absolute atomic E-state index is 12.6. The van der Waals surface area contributed by atoms with Gasteiger partial charge in [-0.3, -0.25) is 4.79 Å². The van der Waals surface area contributed by atoms with Crippen LogP contribution in [0, 0.1) is 16.7 Å². The minimum Gasteiger partial charge on any atom is -0.338 e. The summed E-state index contributed by atoms with van der Waals surface area (Å²) >= 11 is 0. The summed E-state index contributed by atoms with van der Waals surface area (Å²) < 4.78 is 0. The highest BCUT2D eigenvalue weighted by atomic mass is 16.2. The van der Waals surface area contributed by atoms with Gasteiger partial charge in [0.1, 0.15) is 0 Å². The van der Waals surface area contributed by atoms with Crippen LogP contribution in [0.2, 0.25) is 0 Å². The molecule has 1 aliphatic carbocycles. The number of nitrogens with two attached hydrogens (primary N) is 1. The summed E-state index contributed by atoms with van der Waals surface area (Å²) in [4.78, 5) is 14.7. The Kier molecular flexibility index (Phi) is 3.72. The van der Waals surface area contributed by atoms with Gasteiger partial charge in [0, 0.05) is 12.6 Å². The quantitative estimate of drug-likeness (QED) is 0.854. The molecule has 1 heterocycles. The van der Waals surface area contributed by atoms with Crippen LogP contribution in [0.4, 0.5) is 0 Å². The van der Waals surface area contributed by atoms with Gasteiger partial charge in [-0.15, -0.1) is 0 Å². The number of nitrogens with zero attached hydrogens (tertiary/aromatic N) is 1. The van der Waals surface area contributed by atoms with Gasteiger partial charge in [0.15, 0.2) is 0 Å². The van der Waals surface area contributed by atoms with Crippen molar-refractivity contribution >= 4 is 5.91 Å². The van der Waals surface area contributed by atoms with E-state index < -0.39 is 0 Å². The lowest BCUT2D eigenvalue weighted by Gasteiger charge is -2.39. The third kappa shape index (κ3) is 3.13. The summed E-state index contributed by atoms with van der Waals surface area (Å²) in [6, 6.07) is 0.102. The van der Waals surface area contributed by atoms with Crippen LogP contribution in [0.5, 0.6) is 0 Å². The highest BCUT2D eigenvalue weighted by Gasteiger charge is 2.51. The van der Waals surface area contributed by atoms with E-state index in [9.17, 15) is 4.79 Å². The number of likely N-dealkylation sites (tertiary alicyclic amines) is 1. The maximum Gasteiger partial charge on any atom is 0.239 e. The lowest BCUT2D eigenvalue weighted by atomic mass is 9.65. The Labute approximate surface area is 117 Å². The third-order valence-electron chi connectivity index (χ3n) is 4.74. The summed E-state index contributed by atoms with van der Waals surface area (Å²) in [5.74, 6) is 0.660. The Bertz CT molecular complexity index is 364. The average Bonchev–Trinajstić information content (AvgIpc) is 2.45. The van der Waals surface area contributed by atoms with E-state index in [4.69, 9.17) is 5.73 Å². The molecule has 1 amide bonds. The molecule has 0 radical (unpaired) electrons. The van der Waals surface area contributed by atoms with Crippen molar-refractivity contribution in [2.75, 3.05) is 6.54 Å². The van der Waals surface area contributed by atoms with Gasteiger partial charge in [0.25, 0.3) is 0 Å². The highest BCUT2D eigenvalue weighted by molar-refractivity contribution is 5.82. The lowest BCUT2D eigenvalue weighted by Crippen LogP contribution is -2.47. The molecule has 0 aromatic carbocycles. The molecule has 2 rings (SSSR count). The molecule has 1 saturated heterocycles. The zero-order valence-corrected chi connectivity index (χ0v) is 13.2. The van der Waals surface area contributed by atoms with Crippen LogP contribution in [0.3, 0.4) is 0 Å². The standard InChI is InChI=1S/C16H30N2O/c1-11(2)6-13(17)14(19)18-10-16(5)8-12(18)7-15(3,4)9-16/h11-13H,6-10,17H2,1-5H3/t12?,13-,16?/m1/s1. The second kappa shape index (κ2) is 4.76. The van der Waals surface area contributed by atoms with Gasteiger partial charge in [0.05, 0.1) is 6.04 Å². The number of amides is 1. The van der Waals surface area contributed by atoms with E-state index in [0.717, 1.165) is 25.8 Å². The molecule has 1 aliphatic heterocycles. The summed E-state index contributed by atoms with van der Waals surface area (Å²) in [6.07, 6.45) is 4.31. The van der Waals surface area contributed by atoms with Gasteiger partial charge in [-0.25, -0.2) is 0 Å². The predicted molar refractivity (Wildman–Crippen MR) is 78.7 cm³/mol. The summed E-state index contributed by atoms with van der Waals surface area (Å²) in [5.41, 5.74) is 6.76. The fraction of sp³-hybridized carbons (Fsp3) is 0.938. The molecule has 2 N–H and O–H groups in total. The smallest absolute Gasteiger partial charge is 0.239 e. The molecule has 2 bridgehead atoms. The first-order valence-electron chi connectivity index (χ1n) is 7.68. The van der Waals surface area contributed by atoms with Crippen molar-refractivity contribution in [1.29, 1.82) is 0 Å². The Morgan fingerprint density at radius 1 is 1.32 bits per heavy atom. The summed E-state index contributed by atoms with van der Waals surface area (Å²) in [6.45, 7) is 12.2. The van der Waals surface area contributed by atoms with Crippen molar-refractivity contribution in [1.82, 2.24) is 4.90 Å². The minimum atomic E-state index is -0.314. The van der Waals surface area contributed by atoms with Crippen molar-refractivity contribution in [3.8, 4) is 0 Å².